The molecule has 0 aliphatic rings. The van der Waals surface area contributed by atoms with Crippen LogP contribution in [0.15, 0.2) is 20.4 Å². The standard InChI is InChI=1S/C8H15N5OS2.Cu/c1-4-14-8(16)12-10-6-5-9-11-7(15)13(2)3;/h5-6H,4H2,1-3H3,(H,11,15)(H,12,16);/q;+2/p-2/b9-5+,10-6+;. The van der Waals surface area contributed by atoms with Gasteiger partial charge in [-0.1, -0.05) is 0 Å². The predicted molar refractivity (Wildman–Crippen MR) is 71.9 cm³/mol. The van der Waals surface area contributed by atoms with Crippen LogP contribution in [0.25, 0.3) is 0 Å². The van der Waals surface area contributed by atoms with Crippen molar-refractivity contribution >= 4 is 48.1 Å². The molecule has 0 unspecified atom stereocenters. The van der Waals surface area contributed by atoms with Crippen LogP contribution < -0.4 is 0 Å². The number of hydrogen-bond donors (Lipinski definition) is 0. The van der Waals surface area contributed by atoms with E-state index in [1.54, 1.807) is 19.0 Å². The molecular formula is C8H13CuN5OS2. The second kappa shape index (κ2) is 11.7. The van der Waals surface area contributed by atoms with Crippen LogP contribution in [0.4, 0.5) is 0 Å². The fourth-order valence-electron chi connectivity index (χ4n) is 0.465. The van der Waals surface area contributed by atoms with Gasteiger partial charge in [0, 0.05) is 19.3 Å². The Balaban J connectivity index is 0. The maximum Gasteiger partial charge on any atom is 2.00 e. The summed E-state index contributed by atoms with van der Waals surface area (Å²) in [5, 5.41) is 15.0. The summed E-state index contributed by atoms with van der Waals surface area (Å²) in [6.45, 7) is 2.28. The first-order valence-electron chi connectivity index (χ1n) is 4.42. The molecule has 0 aromatic heterocycles. The van der Waals surface area contributed by atoms with E-state index >= 15 is 0 Å². The van der Waals surface area contributed by atoms with Crippen molar-refractivity contribution in [2.24, 2.45) is 20.4 Å². The molecule has 0 N–H and O–H groups in total. The van der Waals surface area contributed by atoms with E-state index in [1.807, 2.05) is 6.92 Å². The molecule has 99 valence electrons. The molecule has 0 spiro atoms. The number of amidine groups is 1. The Hall–Kier alpha value is -0.761. The zero-order valence-electron chi connectivity index (χ0n) is 9.62. The normalized spacial score (nSPS) is 12.9. The smallest absolute Gasteiger partial charge is 0.741 e. The Labute approximate surface area is 123 Å². The summed E-state index contributed by atoms with van der Waals surface area (Å²) < 4.78 is 4.87. The summed E-state index contributed by atoms with van der Waals surface area (Å²) in [7, 11) is 3.57. The largest absolute Gasteiger partial charge is 2.00 e. The van der Waals surface area contributed by atoms with E-state index in [0.717, 1.165) is 0 Å². The van der Waals surface area contributed by atoms with Crippen molar-refractivity contribution < 1.29 is 21.8 Å². The zero-order valence-corrected chi connectivity index (χ0v) is 12.2. The Morgan fingerprint density at radius 2 is 1.71 bits per heavy atom. The first kappa shape index (κ1) is 18.6. The van der Waals surface area contributed by atoms with Gasteiger partial charge in [0.2, 0.25) is 0 Å². The number of rotatable bonds is 4. The average Bonchev–Trinajstić information content (AvgIpc) is 2.23. The molecule has 0 aliphatic carbocycles. The van der Waals surface area contributed by atoms with Crippen LogP contribution in [0.2, 0.25) is 0 Å². The predicted octanol–water partition coefficient (Wildman–Crippen LogP) is 0.359. The van der Waals surface area contributed by atoms with Crippen LogP contribution in [0.3, 0.4) is 0 Å². The minimum atomic E-state index is 0. The number of ether oxygens (including phenoxy) is 1. The van der Waals surface area contributed by atoms with E-state index in [-0.39, 0.29) is 22.3 Å². The minimum absolute atomic E-state index is 0. The maximum atomic E-state index is 4.87. The van der Waals surface area contributed by atoms with Crippen molar-refractivity contribution in [1.29, 1.82) is 0 Å². The van der Waals surface area contributed by atoms with Gasteiger partial charge in [-0.2, -0.15) is 15.3 Å². The minimum Gasteiger partial charge on any atom is -0.741 e. The molecule has 0 aromatic carbocycles. The molecule has 17 heavy (non-hydrogen) atoms. The van der Waals surface area contributed by atoms with Crippen molar-refractivity contribution in [2.45, 2.75) is 6.92 Å². The first-order valence-corrected chi connectivity index (χ1v) is 5.24. The van der Waals surface area contributed by atoms with Gasteiger partial charge in [0.15, 0.2) is 0 Å². The van der Waals surface area contributed by atoms with E-state index in [1.165, 1.54) is 12.4 Å². The monoisotopic (exact) mass is 322 g/mol. The van der Waals surface area contributed by atoms with E-state index in [0.29, 0.717) is 11.8 Å². The molecule has 6 nitrogen and oxygen atoms in total. The van der Waals surface area contributed by atoms with Crippen molar-refractivity contribution in [3.05, 3.63) is 0 Å². The van der Waals surface area contributed by atoms with Gasteiger partial charge < -0.3 is 34.9 Å². The molecule has 0 saturated heterocycles. The summed E-state index contributed by atoms with van der Waals surface area (Å²) in [5.41, 5.74) is 0. The first-order chi connectivity index (χ1) is 7.57. The molecule has 1 radical (unpaired) electrons. The Kier molecular flexibility index (Phi) is 12.8. The Morgan fingerprint density at radius 1 is 1.18 bits per heavy atom. The van der Waals surface area contributed by atoms with Crippen LogP contribution in [-0.4, -0.2) is 48.4 Å². The number of hydrogen-bond acceptors (Lipinski definition) is 7. The van der Waals surface area contributed by atoms with Crippen molar-refractivity contribution in [3.8, 4) is 0 Å². The Bertz CT molecular complexity index is 317. The van der Waals surface area contributed by atoms with Crippen molar-refractivity contribution in [1.82, 2.24) is 4.90 Å². The van der Waals surface area contributed by atoms with Gasteiger partial charge in [-0.05, 0) is 6.92 Å². The fourth-order valence-corrected chi connectivity index (χ4v) is 0.677. The van der Waals surface area contributed by atoms with Crippen LogP contribution in [0.1, 0.15) is 6.92 Å². The molecular weight excluding hydrogens is 310 g/mol. The topological polar surface area (TPSA) is 61.9 Å². The molecule has 0 fully saturated rings. The van der Waals surface area contributed by atoms with Crippen LogP contribution in [-0.2, 0) is 47.1 Å². The molecule has 0 rings (SSSR count). The molecule has 0 atom stereocenters. The van der Waals surface area contributed by atoms with E-state index in [9.17, 15) is 0 Å². The van der Waals surface area contributed by atoms with Crippen molar-refractivity contribution in [2.75, 3.05) is 20.7 Å². The van der Waals surface area contributed by atoms with E-state index in [2.05, 4.69) is 20.4 Å². The third-order valence-electron chi connectivity index (χ3n) is 1.13. The summed E-state index contributed by atoms with van der Waals surface area (Å²) in [6.07, 6.45) is 2.70. The number of nitrogens with zero attached hydrogens (tertiary/aromatic N) is 5. The van der Waals surface area contributed by atoms with Gasteiger partial charge in [-0.25, -0.2) is 0 Å². The quantitative estimate of drug-likeness (QED) is 0.246. The molecule has 9 heteroatoms. The molecule has 0 saturated carbocycles. The van der Waals surface area contributed by atoms with Gasteiger partial charge in [0.05, 0.1) is 24.3 Å². The van der Waals surface area contributed by atoms with Crippen LogP contribution >= 0.6 is 0 Å². The van der Waals surface area contributed by atoms with Crippen molar-refractivity contribution in [3.63, 3.8) is 0 Å². The zero-order chi connectivity index (χ0) is 12.4. The summed E-state index contributed by atoms with van der Waals surface area (Å²) in [6, 6.07) is 0. The summed E-state index contributed by atoms with van der Waals surface area (Å²) >= 11 is 9.58. The van der Waals surface area contributed by atoms with E-state index in [4.69, 9.17) is 30.0 Å². The van der Waals surface area contributed by atoms with Crippen LogP contribution in [0, 0.1) is 0 Å². The SMILES string of the molecule is CCO/C([S-])=N/N=C/C=N/N=C(\[S-])N(C)C.[Cu+2]. The summed E-state index contributed by atoms with van der Waals surface area (Å²) in [4.78, 5) is 1.67. The van der Waals surface area contributed by atoms with Gasteiger partial charge in [-0.3, -0.25) is 0 Å². The third-order valence-corrected chi connectivity index (χ3v) is 1.78. The van der Waals surface area contributed by atoms with Gasteiger partial charge in [0.25, 0.3) is 0 Å². The second-order valence-corrected chi connectivity index (χ2v) is 3.32. The molecule has 0 bridgehead atoms. The van der Waals surface area contributed by atoms with Gasteiger partial charge in [0.1, 0.15) is 0 Å². The fraction of sp³-hybridized carbons (Fsp3) is 0.500. The van der Waals surface area contributed by atoms with E-state index < -0.39 is 0 Å². The summed E-state index contributed by atoms with van der Waals surface area (Å²) in [5.74, 6) is 0. The van der Waals surface area contributed by atoms with Gasteiger partial charge >= 0.3 is 17.1 Å². The average molecular weight is 323 g/mol. The van der Waals surface area contributed by atoms with Gasteiger partial charge in [-0.15, -0.1) is 5.10 Å². The molecule has 0 heterocycles. The molecule has 0 aliphatic heterocycles. The third kappa shape index (κ3) is 11.5. The molecule has 0 amide bonds. The molecule has 0 aromatic rings. The Morgan fingerprint density at radius 3 is 2.18 bits per heavy atom. The second-order valence-electron chi connectivity index (χ2n) is 2.61. The van der Waals surface area contributed by atoms with Crippen LogP contribution in [0.5, 0.6) is 0 Å². The maximum absolute atomic E-state index is 4.87.